The van der Waals surface area contributed by atoms with Crippen LogP contribution in [-0.4, -0.2) is 16.6 Å². The van der Waals surface area contributed by atoms with Crippen LogP contribution < -0.4 is 0 Å². The molecule has 0 heterocycles. The van der Waals surface area contributed by atoms with Crippen LogP contribution in [0.25, 0.3) is 0 Å². The summed E-state index contributed by atoms with van der Waals surface area (Å²) in [6.07, 6.45) is 1.97. The number of allylic oxidation sites excluding steroid dienone is 1. The van der Waals surface area contributed by atoms with E-state index in [1.54, 1.807) is 6.92 Å². The Bertz CT molecular complexity index is 130. The van der Waals surface area contributed by atoms with E-state index in [2.05, 4.69) is 0 Å². The van der Waals surface area contributed by atoms with E-state index >= 15 is 0 Å². The molecule has 1 N–H and O–H groups in total. The Labute approximate surface area is 53.0 Å². The Morgan fingerprint density at radius 1 is 1.89 bits per heavy atom. The van der Waals surface area contributed by atoms with Crippen molar-refractivity contribution in [1.29, 1.82) is 0 Å². The normalized spacial score (nSPS) is 11.6. The minimum atomic E-state index is -0.580. The van der Waals surface area contributed by atoms with Gasteiger partial charge in [0.15, 0.2) is 0 Å². The molecular weight excluding hydrogens is 122 g/mol. The maximum atomic E-state index is 9.90. The first kappa shape index (κ1) is 8.10. The highest BCUT2D eigenvalue weighted by atomic mass is 16.6. The topological polar surface area (TPSA) is 63.4 Å². The van der Waals surface area contributed by atoms with Crippen LogP contribution >= 0.6 is 0 Å². The van der Waals surface area contributed by atoms with Gasteiger partial charge >= 0.3 is 0 Å². The third-order valence-electron chi connectivity index (χ3n) is 0.836. The van der Waals surface area contributed by atoms with Crippen molar-refractivity contribution in [2.24, 2.45) is 0 Å². The van der Waals surface area contributed by atoms with Gasteiger partial charge in [-0.05, 0) is 12.5 Å². The lowest BCUT2D eigenvalue weighted by Gasteiger charge is -1.89. The van der Waals surface area contributed by atoms with E-state index in [0.29, 0.717) is 6.42 Å². The van der Waals surface area contributed by atoms with Crippen molar-refractivity contribution in [3.63, 3.8) is 0 Å². The van der Waals surface area contributed by atoms with Gasteiger partial charge in [0.05, 0.1) is 4.92 Å². The molecule has 0 aliphatic heterocycles. The fourth-order valence-electron chi connectivity index (χ4n) is 0.432. The van der Waals surface area contributed by atoms with Crippen molar-refractivity contribution in [3.05, 3.63) is 21.9 Å². The molecule has 0 bridgehead atoms. The Morgan fingerprint density at radius 2 is 2.44 bits per heavy atom. The zero-order valence-corrected chi connectivity index (χ0v) is 5.20. The third kappa shape index (κ3) is 2.81. The second-order valence-corrected chi connectivity index (χ2v) is 1.52. The van der Waals surface area contributed by atoms with Gasteiger partial charge in [-0.2, -0.15) is 0 Å². The van der Waals surface area contributed by atoms with E-state index in [9.17, 15) is 10.1 Å². The molecular formula is C5H9NO3. The molecule has 0 aliphatic carbocycles. The van der Waals surface area contributed by atoms with Crippen LogP contribution in [0.1, 0.15) is 13.3 Å². The minimum absolute atomic E-state index is 0.127. The highest BCUT2D eigenvalue weighted by Gasteiger charge is 2.04. The Kier molecular flexibility index (Phi) is 3.62. The molecule has 9 heavy (non-hydrogen) atoms. The average molecular weight is 131 g/mol. The van der Waals surface area contributed by atoms with Gasteiger partial charge in [-0.15, -0.1) is 0 Å². The molecule has 0 aromatic heterocycles. The van der Waals surface area contributed by atoms with E-state index in [4.69, 9.17) is 5.11 Å². The van der Waals surface area contributed by atoms with Gasteiger partial charge in [-0.25, -0.2) is 0 Å². The highest BCUT2D eigenvalue weighted by Crippen LogP contribution is 1.94. The molecule has 0 aliphatic rings. The zero-order valence-electron chi connectivity index (χ0n) is 5.20. The molecule has 0 atom stereocenters. The van der Waals surface area contributed by atoms with Crippen molar-refractivity contribution in [1.82, 2.24) is 0 Å². The van der Waals surface area contributed by atoms with Gasteiger partial charge in [-0.1, -0.05) is 6.92 Å². The van der Waals surface area contributed by atoms with Crippen molar-refractivity contribution < 1.29 is 10.0 Å². The number of hydrogen-bond acceptors (Lipinski definition) is 3. The summed E-state index contributed by atoms with van der Waals surface area (Å²) in [6.45, 7) is 1.29. The quantitative estimate of drug-likeness (QED) is 0.449. The van der Waals surface area contributed by atoms with Gasteiger partial charge in [0.25, 0.3) is 5.70 Å². The van der Waals surface area contributed by atoms with Crippen molar-refractivity contribution >= 4 is 0 Å². The van der Waals surface area contributed by atoms with Gasteiger partial charge in [-0.3, -0.25) is 10.1 Å². The Balaban J connectivity index is 3.98. The predicted octanol–water partition coefficient (Wildman–Crippen LogP) is 0.549. The first-order valence-electron chi connectivity index (χ1n) is 2.66. The maximum Gasteiger partial charge on any atom is 0.267 e. The Morgan fingerprint density at radius 3 is 2.56 bits per heavy atom. The van der Waals surface area contributed by atoms with Gasteiger partial charge in [0.2, 0.25) is 0 Å². The van der Waals surface area contributed by atoms with Crippen LogP contribution in [0, 0.1) is 10.1 Å². The number of hydrogen-bond donors (Lipinski definition) is 1. The SMILES string of the molecule is CC/C=C(\CO)[N+](=O)[O-]. The molecule has 0 aromatic carbocycles. The summed E-state index contributed by atoms with van der Waals surface area (Å²) in [5.41, 5.74) is -0.127. The van der Waals surface area contributed by atoms with Crippen LogP contribution in [0.5, 0.6) is 0 Å². The van der Waals surface area contributed by atoms with Crippen molar-refractivity contribution in [2.45, 2.75) is 13.3 Å². The fourth-order valence-corrected chi connectivity index (χ4v) is 0.432. The van der Waals surface area contributed by atoms with Crippen molar-refractivity contribution in [2.75, 3.05) is 6.61 Å². The summed E-state index contributed by atoms with van der Waals surface area (Å²) in [4.78, 5) is 9.32. The van der Waals surface area contributed by atoms with E-state index in [0.717, 1.165) is 0 Å². The summed E-state index contributed by atoms with van der Waals surface area (Å²) in [7, 11) is 0. The van der Waals surface area contributed by atoms with E-state index in [-0.39, 0.29) is 5.70 Å². The first-order chi connectivity index (χ1) is 4.22. The Hall–Kier alpha value is -0.900. The number of nitrogens with zero attached hydrogens (tertiary/aromatic N) is 1. The smallest absolute Gasteiger partial charge is 0.267 e. The fraction of sp³-hybridized carbons (Fsp3) is 0.600. The first-order valence-corrected chi connectivity index (χ1v) is 2.66. The molecule has 52 valence electrons. The summed E-state index contributed by atoms with van der Waals surface area (Å²) < 4.78 is 0. The maximum absolute atomic E-state index is 9.90. The lowest BCUT2D eigenvalue weighted by molar-refractivity contribution is -0.430. The van der Waals surface area contributed by atoms with E-state index < -0.39 is 11.5 Å². The molecule has 0 amide bonds. The zero-order chi connectivity index (χ0) is 7.28. The van der Waals surface area contributed by atoms with Crippen LogP contribution in [0.15, 0.2) is 11.8 Å². The van der Waals surface area contributed by atoms with Gasteiger partial charge < -0.3 is 5.11 Å². The number of rotatable bonds is 3. The molecule has 0 saturated heterocycles. The molecule has 4 nitrogen and oxygen atoms in total. The lowest BCUT2D eigenvalue weighted by atomic mass is 10.3. The van der Waals surface area contributed by atoms with E-state index in [1.807, 2.05) is 0 Å². The highest BCUT2D eigenvalue weighted by molar-refractivity contribution is 4.89. The third-order valence-corrected chi connectivity index (χ3v) is 0.836. The molecule has 0 saturated carbocycles. The molecule has 0 spiro atoms. The van der Waals surface area contributed by atoms with Crippen LogP contribution in [0.4, 0.5) is 0 Å². The van der Waals surface area contributed by atoms with Crippen LogP contribution in [0.3, 0.4) is 0 Å². The largest absolute Gasteiger partial charge is 0.385 e. The molecule has 4 heteroatoms. The molecule has 0 aromatic rings. The number of aliphatic hydroxyl groups is 1. The standard InChI is InChI=1S/C5H9NO3/c1-2-3-5(4-7)6(8)9/h3,7H,2,4H2,1H3/b5-3+. The summed E-state index contributed by atoms with van der Waals surface area (Å²) in [5.74, 6) is 0. The second-order valence-electron chi connectivity index (χ2n) is 1.52. The van der Waals surface area contributed by atoms with Gasteiger partial charge in [0.1, 0.15) is 6.61 Å². The second kappa shape index (κ2) is 4.03. The predicted molar refractivity (Wildman–Crippen MR) is 32.5 cm³/mol. The summed E-state index contributed by atoms with van der Waals surface area (Å²) in [6, 6.07) is 0. The average Bonchev–Trinajstić information content (AvgIpc) is 1.82. The molecule has 0 fully saturated rings. The lowest BCUT2D eigenvalue weighted by Crippen LogP contribution is -2.02. The number of nitro groups is 1. The molecule has 0 radical (unpaired) electrons. The summed E-state index contributed by atoms with van der Waals surface area (Å²) >= 11 is 0. The molecule has 0 unspecified atom stereocenters. The monoisotopic (exact) mass is 131 g/mol. The van der Waals surface area contributed by atoms with E-state index in [1.165, 1.54) is 6.08 Å². The summed E-state index contributed by atoms with van der Waals surface area (Å²) in [5, 5.41) is 18.2. The van der Waals surface area contributed by atoms with Crippen molar-refractivity contribution in [3.8, 4) is 0 Å². The minimum Gasteiger partial charge on any atom is -0.385 e. The number of aliphatic hydroxyl groups excluding tert-OH is 1. The molecule has 0 rings (SSSR count). The van der Waals surface area contributed by atoms with Crippen LogP contribution in [-0.2, 0) is 0 Å². The van der Waals surface area contributed by atoms with Crippen LogP contribution in [0.2, 0.25) is 0 Å². The van der Waals surface area contributed by atoms with Gasteiger partial charge in [0, 0.05) is 0 Å².